The number of phosphoric ester groups is 1. The van der Waals surface area contributed by atoms with Gasteiger partial charge in [-0.2, -0.15) is 0 Å². The summed E-state index contributed by atoms with van der Waals surface area (Å²) in [6.07, 6.45) is 2.55. The molecule has 176 valence electrons. The highest BCUT2D eigenvalue weighted by molar-refractivity contribution is 7.46. The molecule has 0 aliphatic rings. The first-order chi connectivity index (χ1) is 16.3. The van der Waals surface area contributed by atoms with E-state index in [9.17, 15) is 4.57 Å². The molecule has 2 aromatic carbocycles. The lowest BCUT2D eigenvalue weighted by Gasteiger charge is -2.10. The van der Waals surface area contributed by atoms with Crippen LogP contribution in [0.15, 0.2) is 77.3 Å². The average molecular weight is 481 g/mol. The number of anilines is 2. The molecule has 2 aromatic heterocycles. The lowest BCUT2D eigenvalue weighted by Crippen LogP contribution is -2.41. The zero-order valence-corrected chi connectivity index (χ0v) is 19.3. The first-order valence-electron chi connectivity index (χ1n) is 10.6. The van der Waals surface area contributed by atoms with Gasteiger partial charge in [0.25, 0.3) is 0 Å². The van der Waals surface area contributed by atoms with Crippen LogP contribution in [0.25, 0.3) is 11.3 Å². The molecule has 0 bridgehead atoms. The molecule has 4 aromatic rings. The number of hydrogen-bond donors (Lipinski definition) is 4. The first-order valence-corrected chi connectivity index (χ1v) is 12.2. The van der Waals surface area contributed by atoms with Crippen molar-refractivity contribution in [2.45, 2.75) is 26.0 Å². The lowest BCUT2D eigenvalue weighted by molar-refractivity contribution is -0.698. The lowest BCUT2D eigenvalue weighted by atomic mass is 10.0. The molecule has 34 heavy (non-hydrogen) atoms. The molecule has 0 saturated heterocycles. The van der Waals surface area contributed by atoms with Gasteiger partial charge in [-0.05, 0) is 35.6 Å². The molecule has 10 heteroatoms. The van der Waals surface area contributed by atoms with Gasteiger partial charge in [-0.3, -0.25) is 4.52 Å². The van der Waals surface area contributed by atoms with Crippen LogP contribution in [0.4, 0.5) is 11.6 Å². The molecular weight excluding hydrogens is 455 g/mol. The van der Waals surface area contributed by atoms with Crippen molar-refractivity contribution in [1.29, 1.82) is 0 Å². The molecule has 6 N–H and O–H groups in total. The predicted molar refractivity (Wildman–Crippen MR) is 127 cm³/mol. The Balaban J connectivity index is 1.43. The number of aromatic nitrogens is 2. The van der Waals surface area contributed by atoms with Crippen LogP contribution in [0.2, 0.25) is 0 Å². The molecule has 0 aliphatic carbocycles. The Bertz CT molecular complexity index is 1300. The van der Waals surface area contributed by atoms with E-state index in [-0.39, 0.29) is 11.6 Å². The average Bonchev–Trinajstić information content (AvgIpc) is 3.26. The van der Waals surface area contributed by atoms with Crippen LogP contribution in [0.5, 0.6) is 0 Å². The van der Waals surface area contributed by atoms with Crippen LogP contribution >= 0.6 is 7.82 Å². The third-order valence-electron chi connectivity index (χ3n) is 5.43. The number of phosphoric acid groups is 1. The monoisotopic (exact) mass is 481 g/mol. The number of nitrogen functional groups attached to an aromatic ring is 2. The summed E-state index contributed by atoms with van der Waals surface area (Å²) in [4.78, 5) is 17.9. The summed E-state index contributed by atoms with van der Waals surface area (Å²) in [5.74, 6) is 0.734. The SMILES string of the molecule is Nc1ccc(-c2cc(Cc3ccc(CCc4ccccc4)cc3)no2)c(N)[n+]1COP(=O)(O)O. The summed E-state index contributed by atoms with van der Waals surface area (Å²) >= 11 is 0. The predicted octanol–water partition coefficient (Wildman–Crippen LogP) is 3.24. The van der Waals surface area contributed by atoms with Gasteiger partial charge in [0, 0.05) is 18.6 Å². The van der Waals surface area contributed by atoms with Gasteiger partial charge in [0.2, 0.25) is 11.6 Å². The summed E-state index contributed by atoms with van der Waals surface area (Å²) in [7, 11) is -4.68. The van der Waals surface area contributed by atoms with Crippen molar-refractivity contribution in [2.75, 3.05) is 11.5 Å². The summed E-state index contributed by atoms with van der Waals surface area (Å²) in [6, 6.07) is 23.8. The maximum absolute atomic E-state index is 11.0. The van der Waals surface area contributed by atoms with E-state index in [1.165, 1.54) is 15.7 Å². The Kier molecular flexibility index (Phi) is 7.09. The Morgan fingerprint density at radius 1 is 0.912 bits per heavy atom. The Morgan fingerprint density at radius 3 is 2.24 bits per heavy atom. The maximum atomic E-state index is 11.0. The third kappa shape index (κ3) is 6.09. The van der Waals surface area contributed by atoms with Crippen molar-refractivity contribution in [1.82, 2.24) is 5.16 Å². The van der Waals surface area contributed by atoms with Gasteiger partial charge >= 0.3 is 7.82 Å². The molecule has 0 unspecified atom stereocenters. The molecule has 0 amide bonds. The quantitative estimate of drug-likeness (QED) is 0.210. The Morgan fingerprint density at radius 2 is 1.56 bits per heavy atom. The molecule has 0 aliphatic heterocycles. The van der Waals surface area contributed by atoms with Gasteiger partial charge in [0.1, 0.15) is 0 Å². The highest BCUT2D eigenvalue weighted by atomic mass is 31.2. The second-order valence-electron chi connectivity index (χ2n) is 7.90. The fourth-order valence-corrected chi connectivity index (χ4v) is 3.87. The zero-order valence-electron chi connectivity index (χ0n) is 18.4. The van der Waals surface area contributed by atoms with Crippen LogP contribution < -0.4 is 16.0 Å². The number of nitrogens with two attached hydrogens (primary N) is 2. The molecule has 0 atom stereocenters. The molecule has 2 heterocycles. The van der Waals surface area contributed by atoms with E-state index in [1.807, 2.05) is 6.07 Å². The second-order valence-corrected chi connectivity index (χ2v) is 9.13. The Labute approximate surface area is 196 Å². The van der Waals surface area contributed by atoms with Gasteiger partial charge in [0.05, 0.1) is 11.3 Å². The normalized spacial score (nSPS) is 11.6. The van der Waals surface area contributed by atoms with E-state index in [0.29, 0.717) is 17.7 Å². The van der Waals surface area contributed by atoms with Gasteiger partial charge in [-0.25, -0.2) is 9.13 Å². The number of pyridine rings is 1. The van der Waals surface area contributed by atoms with E-state index in [4.69, 9.17) is 25.8 Å². The van der Waals surface area contributed by atoms with Crippen molar-refractivity contribution in [3.8, 4) is 11.3 Å². The van der Waals surface area contributed by atoms with Gasteiger partial charge < -0.3 is 25.8 Å². The first kappa shape index (κ1) is 23.7. The summed E-state index contributed by atoms with van der Waals surface area (Å²) < 4.78 is 22.3. The summed E-state index contributed by atoms with van der Waals surface area (Å²) in [6.45, 7) is -0.507. The number of nitrogens with zero attached hydrogens (tertiary/aromatic N) is 2. The van der Waals surface area contributed by atoms with E-state index in [2.05, 4.69) is 58.2 Å². The minimum Gasteiger partial charge on any atom is -0.356 e. The molecule has 0 radical (unpaired) electrons. The number of rotatable bonds is 9. The minimum absolute atomic E-state index is 0.138. The number of benzene rings is 2. The van der Waals surface area contributed by atoms with Crippen LogP contribution in [-0.2, 0) is 35.1 Å². The van der Waals surface area contributed by atoms with Crippen LogP contribution in [0.1, 0.15) is 22.4 Å². The van der Waals surface area contributed by atoms with Crippen molar-refractivity contribution in [3.63, 3.8) is 0 Å². The fourth-order valence-electron chi connectivity index (χ4n) is 3.60. The van der Waals surface area contributed by atoms with Crippen molar-refractivity contribution < 1.29 is 28.0 Å². The highest BCUT2D eigenvalue weighted by Gasteiger charge is 2.22. The van der Waals surface area contributed by atoms with Crippen molar-refractivity contribution >= 4 is 19.5 Å². The van der Waals surface area contributed by atoms with E-state index >= 15 is 0 Å². The minimum atomic E-state index is -4.68. The van der Waals surface area contributed by atoms with Crippen molar-refractivity contribution in [2.24, 2.45) is 0 Å². The zero-order chi connectivity index (χ0) is 24.1. The fraction of sp³-hybridized carbons (Fsp3) is 0.167. The molecule has 0 spiro atoms. The second kappa shape index (κ2) is 10.2. The highest BCUT2D eigenvalue weighted by Crippen LogP contribution is 2.36. The number of aryl methyl sites for hydroxylation is 2. The van der Waals surface area contributed by atoms with E-state index in [1.54, 1.807) is 18.2 Å². The summed E-state index contributed by atoms with van der Waals surface area (Å²) in [5, 5.41) is 4.14. The van der Waals surface area contributed by atoms with Gasteiger partial charge in [-0.15, -0.1) is 0 Å². The van der Waals surface area contributed by atoms with Gasteiger partial charge in [-0.1, -0.05) is 59.8 Å². The molecular formula is C24H26N4O5P+. The summed E-state index contributed by atoms with van der Waals surface area (Å²) in [5.41, 5.74) is 16.9. The molecule has 0 saturated carbocycles. The molecule has 0 fully saturated rings. The van der Waals surface area contributed by atoms with Crippen molar-refractivity contribution in [3.05, 3.63) is 95.2 Å². The Hall–Kier alpha value is -3.49. The maximum Gasteiger partial charge on any atom is 0.472 e. The largest absolute Gasteiger partial charge is 0.472 e. The van der Waals surface area contributed by atoms with Gasteiger partial charge in [0.15, 0.2) is 12.5 Å². The van der Waals surface area contributed by atoms with Crippen LogP contribution in [-0.4, -0.2) is 14.9 Å². The standard InChI is InChI=1S/C24H25N4O5P/c25-23-13-12-21(24(26)28(23)16-32-34(29,30)31)22-15-20(27-33-22)14-19-10-8-18(9-11-19)7-6-17-4-2-1-3-5-17/h1-5,8-13,15H,6-7,14,16H2,(H5,25,26,27,29,30,31)/p+1. The smallest absolute Gasteiger partial charge is 0.356 e. The topological polar surface area (TPSA) is 149 Å². The van der Waals surface area contributed by atoms with Crippen LogP contribution in [0.3, 0.4) is 0 Å². The number of hydrogen-bond acceptors (Lipinski definition) is 6. The third-order valence-corrected chi connectivity index (χ3v) is 5.88. The molecule has 4 rings (SSSR count). The van der Waals surface area contributed by atoms with E-state index < -0.39 is 14.6 Å². The molecule has 9 nitrogen and oxygen atoms in total. The van der Waals surface area contributed by atoms with E-state index in [0.717, 1.165) is 24.1 Å². The van der Waals surface area contributed by atoms with Crippen LogP contribution in [0, 0.1) is 0 Å².